The Labute approximate surface area is 130 Å². The number of ether oxygens (including phenoxy) is 2. The molecule has 0 saturated heterocycles. The second-order valence-electron chi connectivity index (χ2n) is 5.17. The average molecular weight is 321 g/mol. The van der Waals surface area contributed by atoms with Gasteiger partial charge in [-0.1, -0.05) is 0 Å². The van der Waals surface area contributed by atoms with Crippen LogP contribution in [0.3, 0.4) is 0 Å². The van der Waals surface area contributed by atoms with E-state index in [-0.39, 0.29) is 19.0 Å². The van der Waals surface area contributed by atoms with Crippen molar-refractivity contribution in [2.24, 2.45) is 0 Å². The van der Waals surface area contributed by atoms with E-state index in [9.17, 15) is 19.8 Å². The van der Waals surface area contributed by atoms with Gasteiger partial charge in [-0.15, -0.1) is 0 Å². The quantitative estimate of drug-likeness (QED) is 0.277. The molecule has 0 aromatic rings. The zero-order valence-electron chi connectivity index (χ0n) is 13.3. The fourth-order valence-corrected chi connectivity index (χ4v) is 1.69. The highest BCUT2D eigenvalue weighted by molar-refractivity contribution is 5.75. The lowest BCUT2D eigenvalue weighted by molar-refractivity contribution is -0.224. The average Bonchev–Trinajstić information content (AvgIpc) is 2.42. The molecule has 0 radical (unpaired) electrons. The normalized spacial score (nSPS) is 15.4. The van der Waals surface area contributed by atoms with Crippen molar-refractivity contribution >= 4 is 11.7 Å². The van der Waals surface area contributed by atoms with Gasteiger partial charge in [0.1, 0.15) is 11.8 Å². The number of aliphatic hydroxyl groups excluding tert-OH is 2. The largest absolute Gasteiger partial charge is 0.394 e. The molecule has 22 heavy (non-hydrogen) atoms. The smallest absolute Gasteiger partial charge is 0.217 e. The van der Waals surface area contributed by atoms with Crippen LogP contribution in [0.15, 0.2) is 0 Å². The van der Waals surface area contributed by atoms with Gasteiger partial charge in [-0.3, -0.25) is 4.79 Å². The second kappa shape index (κ2) is 11.5. The number of aliphatic hydroxyl groups is 3. The van der Waals surface area contributed by atoms with Crippen molar-refractivity contribution in [1.29, 1.82) is 0 Å². The maximum atomic E-state index is 11.1. The molecule has 0 saturated carbocycles. The molecule has 0 aliphatic heterocycles. The summed E-state index contributed by atoms with van der Waals surface area (Å²) in [7, 11) is 0. The van der Waals surface area contributed by atoms with Crippen LogP contribution in [0.5, 0.6) is 0 Å². The Morgan fingerprint density at radius 3 is 2.27 bits per heavy atom. The van der Waals surface area contributed by atoms with Crippen molar-refractivity contribution in [3.63, 3.8) is 0 Å². The molecule has 2 unspecified atom stereocenters. The first-order chi connectivity index (χ1) is 10.3. The van der Waals surface area contributed by atoms with E-state index >= 15 is 0 Å². The van der Waals surface area contributed by atoms with Crippen molar-refractivity contribution < 1.29 is 34.4 Å². The Balaban J connectivity index is 4.57. The van der Waals surface area contributed by atoms with Crippen LogP contribution >= 0.6 is 0 Å². The minimum atomic E-state index is -1.88. The summed E-state index contributed by atoms with van der Waals surface area (Å²) in [5.41, 5.74) is 0. The minimum Gasteiger partial charge on any atom is -0.394 e. The summed E-state index contributed by atoms with van der Waals surface area (Å²) < 4.78 is 10.8. The predicted molar refractivity (Wildman–Crippen MR) is 77.7 cm³/mol. The third kappa shape index (κ3) is 9.80. The van der Waals surface area contributed by atoms with Crippen molar-refractivity contribution in [3.8, 4) is 0 Å². The third-order valence-electron chi connectivity index (χ3n) is 2.81. The van der Waals surface area contributed by atoms with Gasteiger partial charge in [0.25, 0.3) is 0 Å². The van der Waals surface area contributed by atoms with E-state index in [2.05, 4.69) is 5.32 Å². The Hall–Kier alpha value is -1.06. The lowest BCUT2D eigenvalue weighted by Gasteiger charge is -2.30. The van der Waals surface area contributed by atoms with E-state index in [0.717, 1.165) is 0 Å². The van der Waals surface area contributed by atoms with Crippen LogP contribution in [-0.4, -0.2) is 64.9 Å². The van der Waals surface area contributed by atoms with Gasteiger partial charge in [-0.05, 0) is 26.7 Å². The molecule has 0 aliphatic carbocycles. The Morgan fingerprint density at radius 2 is 1.82 bits per heavy atom. The summed E-state index contributed by atoms with van der Waals surface area (Å²) in [5.74, 6) is -0.382. The summed E-state index contributed by atoms with van der Waals surface area (Å²) in [6.45, 7) is 4.26. The number of hydrogen-bond acceptors (Lipinski definition) is 7. The van der Waals surface area contributed by atoms with Crippen molar-refractivity contribution in [2.75, 3.05) is 13.2 Å². The molecule has 0 aliphatic rings. The monoisotopic (exact) mass is 321 g/mol. The lowest BCUT2D eigenvalue weighted by Crippen LogP contribution is -2.53. The number of ketones is 1. The molecule has 8 heteroatoms. The standard InChI is InChI=1S/C14H27NO7/c1-9(17)6-4-5-7-21-14(22-10(2)8-16)12(13(19)20)15-11(3)18/h10,12-14,16,19-20H,4-8H2,1-3H3,(H,15,18)/t10?,12?,14-/m1/s1. The molecule has 0 fully saturated rings. The van der Waals surface area contributed by atoms with Gasteiger partial charge in [0.15, 0.2) is 12.6 Å². The lowest BCUT2D eigenvalue weighted by atomic mass is 10.2. The minimum absolute atomic E-state index is 0.0867. The first kappa shape index (κ1) is 20.9. The predicted octanol–water partition coefficient (Wildman–Crippen LogP) is -0.699. The van der Waals surface area contributed by atoms with Gasteiger partial charge >= 0.3 is 0 Å². The van der Waals surface area contributed by atoms with Crippen LogP contribution in [0.4, 0.5) is 0 Å². The molecule has 0 aromatic carbocycles. The summed E-state index contributed by atoms with van der Waals surface area (Å²) in [6.07, 6.45) is -1.93. The first-order valence-electron chi connectivity index (χ1n) is 7.28. The molecular formula is C14H27NO7. The topological polar surface area (TPSA) is 125 Å². The molecule has 4 N–H and O–H groups in total. The molecule has 0 rings (SSSR count). The number of nitrogens with one attached hydrogen (secondary N) is 1. The number of carbonyl (C=O) groups is 2. The van der Waals surface area contributed by atoms with E-state index in [1.807, 2.05) is 0 Å². The third-order valence-corrected chi connectivity index (χ3v) is 2.81. The Kier molecular flexibility index (Phi) is 10.9. The highest BCUT2D eigenvalue weighted by atomic mass is 16.7. The number of hydrogen-bond donors (Lipinski definition) is 4. The number of rotatable bonds is 12. The van der Waals surface area contributed by atoms with Crippen LogP contribution in [0, 0.1) is 0 Å². The Morgan fingerprint density at radius 1 is 1.18 bits per heavy atom. The van der Waals surface area contributed by atoms with Crippen LogP contribution in [0.25, 0.3) is 0 Å². The summed E-state index contributed by atoms with van der Waals surface area (Å²) in [6, 6.07) is -1.18. The number of Topliss-reactive ketones (excluding diaryl/α,β-unsaturated/α-hetero) is 1. The highest BCUT2D eigenvalue weighted by Crippen LogP contribution is 2.10. The van der Waals surface area contributed by atoms with E-state index < -0.39 is 30.6 Å². The van der Waals surface area contributed by atoms with E-state index in [1.54, 1.807) is 6.92 Å². The molecule has 0 spiro atoms. The molecular weight excluding hydrogens is 294 g/mol. The van der Waals surface area contributed by atoms with Crippen LogP contribution in [-0.2, 0) is 19.1 Å². The highest BCUT2D eigenvalue weighted by Gasteiger charge is 2.31. The molecule has 8 nitrogen and oxygen atoms in total. The van der Waals surface area contributed by atoms with Gasteiger partial charge in [0, 0.05) is 20.0 Å². The van der Waals surface area contributed by atoms with Crippen molar-refractivity contribution in [1.82, 2.24) is 5.32 Å². The molecule has 0 bridgehead atoms. The first-order valence-corrected chi connectivity index (χ1v) is 7.28. The van der Waals surface area contributed by atoms with E-state index in [0.29, 0.717) is 19.3 Å². The number of unbranched alkanes of at least 4 members (excludes halogenated alkanes) is 1. The van der Waals surface area contributed by atoms with Crippen LogP contribution < -0.4 is 5.32 Å². The second-order valence-corrected chi connectivity index (χ2v) is 5.17. The maximum absolute atomic E-state index is 11.1. The summed E-state index contributed by atoms with van der Waals surface area (Å²) in [5, 5.41) is 30.1. The molecule has 3 atom stereocenters. The fourth-order valence-electron chi connectivity index (χ4n) is 1.69. The molecule has 1 amide bonds. The van der Waals surface area contributed by atoms with Gasteiger partial charge in [0.2, 0.25) is 5.91 Å². The van der Waals surface area contributed by atoms with Crippen LogP contribution in [0.2, 0.25) is 0 Å². The Bertz CT molecular complexity index is 335. The van der Waals surface area contributed by atoms with E-state index in [1.165, 1.54) is 13.8 Å². The number of carbonyl (C=O) groups excluding carboxylic acids is 2. The summed E-state index contributed by atoms with van der Waals surface area (Å²) in [4.78, 5) is 22.0. The van der Waals surface area contributed by atoms with Gasteiger partial charge in [0.05, 0.1) is 12.7 Å². The number of amides is 1. The van der Waals surface area contributed by atoms with Gasteiger partial charge in [-0.25, -0.2) is 0 Å². The van der Waals surface area contributed by atoms with E-state index in [4.69, 9.17) is 14.6 Å². The molecule has 130 valence electrons. The maximum Gasteiger partial charge on any atom is 0.217 e. The van der Waals surface area contributed by atoms with Gasteiger partial charge in [-0.2, -0.15) is 0 Å². The van der Waals surface area contributed by atoms with Crippen molar-refractivity contribution in [2.45, 2.75) is 64.8 Å². The SMILES string of the molecule is CC(=O)CCCCO[C@H](OC(C)CO)C(NC(C)=O)C(O)O. The zero-order valence-corrected chi connectivity index (χ0v) is 13.3. The molecule has 0 aromatic heterocycles. The zero-order chi connectivity index (χ0) is 17.1. The molecule has 0 heterocycles. The van der Waals surface area contributed by atoms with Crippen LogP contribution in [0.1, 0.15) is 40.0 Å². The van der Waals surface area contributed by atoms with Gasteiger partial charge < -0.3 is 34.9 Å². The summed E-state index contributed by atoms with van der Waals surface area (Å²) >= 11 is 0. The van der Waals surface area contributed by atoms with Crippen molar-refractivity contribution in [3.05, 3.63) is 0 Å². The fraction of sp³-hybridized carbons (Fsp3) is 0.857.